The van der Waals surface area contributed by atoms with Crippen LogP contribution in [0.25, 0.3) is 0 Å². The van der Waals surface area contributed by atoms with Crippen LogP contribution >= 0.6 is 0 Å². The number of methoxy groups -OCH3 is 2. The second kappa shape index (κ2) is 8.45. The Hall–Kier alpha value is 0.452. The molecule has 52 valence electrons. The fourth-order valence-corrected chi connectivity index (χ4v) is 1.64. The van der Waals surface area contributed by atoms with Crippen molar-refractivity contribution in [3.05, 3.63) is 0 Å². The zero-order valence-electron chi connectivity index (χ0n) is 6.22. The molecule has 0 rings (SSSR count). The van der Waals surface area contributed by atoms with Gasteiger partial charge in [0.1, 0.15) is 0 Å². The molecule has 0 bridgehead atoms. The molecule has 0 aliphatic carbocycles. The number of ether oxygens (including phenoxy) is 2. The third kappa shape index (κ3) is 8.45. The molecule has 0 saturated carbocycles. The van der Waals surface area contributed by atoms with Crippen LogP contribution in [0.4, 0.5) is 0 Å². The summed E-state index contributed by atoms with van der Waals surface area (Å²) in [6, 6.07) is 0. The van der Waals surface area contributed by atoms with Gasteiger partial charge in [-0.3, -0.25) is 0 Å². The van der Waals surface area contributed by atoms with E-state index in [4.69, 9.17) is 9.47 Å². The van der Waals surface area contributed by atoms with E-state index in [1.165, 1.54) is 10.6 Å². The summed E-state index contributed by atoms with van der Waals surface area (Å²) in [7, 11) is 3.49. The van der Waals surface area contributed by atoms with Crippen LogP contribution in [0.15, 0.2) is 0 Å². The Balaban J connectivity index is 2.60. The normalized spacial score (nSPS) is 9.11. The molecule has 0 aromatic heterocycles. The van der Waals surface area contributed by atoms with Crippen LogP contribution in [0, 0.1) is 0 Å². The molecule has 0 saturated heterocycles. The molecule has 0 atom stereocenters. The molecule has 0 heterocycles. The van der Waals surface area contributed by atoms with Gasteiger partial charge in [0.25, 0.3) is 0 Å². The summed E-state index contributed by atoms with van der Waals surface area (Å²) in [6.45, 7) is 1.83. The van der Waals surface area contributed by atoms with Crippen molar-refractivity contribution in [2.45, 2.75) is 10.6 Å². The first kappa shape index (κ1) is 9.45. The van der Waals surface area contributed by atoms with Crippen molar-refractivity contribution in [1.82, 2.24) is 0 Å². The van der Waals surface area contributed by atoms with Crippen molar-refractivity contribution < 1.29 is 9.47 Å². The predicted octanol–water partition coefficient (Wildman–Crippen LogP) is 0.820. The molecule has 0 aromatic rings. The molecule has 0 amide bonds. The minimum atomic E-state index is 0.568. The number of rotatable bonds is 6. The molecule has 9 heavy (non-hydrogen) atoms. The maximum absolute atomic E-state index is 4.90. The molecular formula is C6H14AlO2+. The van der Waals surface area contributed by atoms with E-state index in [0.29, 0.717) is 15.2 Å². The molecule has 0 unspecified atom stereocenters. The molecule has 0 aliphatic rings. The van der Waals surface area contributed by atoms with Gasteiger partial charge in [-0.25, -0.2) is 0 Å². The molecule has 0 spiro atoms. The Labute approximate surface area is 63.2 Å². The SMILES string of the molecule is COC[CH2][Al+][CH2]COC. The van der Waals surface area contributed by atoms with Crippen molar-refractivity contribution in [1.29, 1.82) is 0 Å². The van der Waals surface area contributed by atoms with Gasteiger partial charge in [-0.2, -0.15) is 0 Å². The Morgan fingerprint density at radius 1 is 1.00 bits per heavy atom. The summed E-state index contributed by atoms with van der Waals surface area (Å²) in [5.74, 6) is 0. The quantitative estimate of drug-likeness (QED) is 0.407. The van der Waals surface area contributed by atoms with Gasteiger partial charge in [-0.1, -0.05) is 0 Å². The fraction of sp³-hybridized carbons (Fsp3) is 1.00. The second-order valence-electron chi connectivity index (χ2n) is 1.85. The molecule has 0 aromatic carbocycles. The molecule has 0 fully saturated rings. The molecular weight excluding hydrogens is 131 g/mol. The average molecular weight is 145 g/mol. The topological polar surface area (TPSA) is 18.5 Å². The predicted molar refractivity (Wildman–Crippen MR) is 39.1 cm³/mol. The van der Waals surface area contributed by atoms with Crippen LogP contribution < -0.4 is 0 Å². The standard InChI is InChI=1S/2C3H7O.Al/c2*1-3-4-2;/h2*1,3H2,2H3;/q;;+1. The van der Waals surface area contributed by atoms with Crippen LogP contribution in [0.1, 0.15) is 0 Å². The van der Waals surface area contributed by atoms with E-state index >= 15 is 0 Å². The van der Waals surface area contributed by atoms with Crippen molar-refractivity contribution in [2.75, 3.05) is 27.4 Å². The summed E-state index contributed by atoms with van der Waals surface area (Å²) < 4.78 is 9.80. The maximum atomic E-state index is 4.90. The van der Waals surface area contributed by atoms with Gasteiger partial charge in [0, 0.05) is 0 Å². The van der Waals surface area contributed by atoms with E-state index in [1.54, 1.807) is 14.2 Å². The van der Waals surface area contributed by atoms with Gasteiger partial charge in [-0.15, -0.1) is 0 Å². The van der Waals surface area contributed by atoms with Gasteiger partial charge in [0.15, 0.2) is 0 Å². The number of hydrogen-bond donors (Lipinski definition) is 0. The molecule has 0 radical (unpaired) electrons. The molecule has 2 nitrogen and oxygen atoms in total. The van der Waals surface area contributed by atoms with Crippen LogP contribution in [0.2, 0.25) is 10.6 Å². The monoisotopic (exact) mass is 145 g/mol. The van der Waals surface area contributed by atoms with E-state index < -0.39 is 0 Å². The summed E-state index contributed by atoms with van der Waals surface area (Å²) in [4.78, 5) is 0. The molecule has 0 aliphatic heterocycles. The van der Waals surface area contributed by atoms with Gasteiger partial charge in [-0.05, 0) is 0 Å². The first-order chi connectivity index (χ1) is 4.41. The van der Waals surface area contributed by atoms with E-state index in [1.807, 2.05) is 0 Å². The Morgan fingerprint density at radius 3 is 1.78 bits per heavy atom. The van der Waals surface area contributed by atoms with Crippen LogP contribution in [-0.4, -0.2) is 42.7 Å². The Morgan fingerprint density at radius 2 is 1.44 bits per heavy atom. The van der Waals surface area contributed by atoms with Crippen molar-refractivity contribution in [3.63, 3.8) is 0 Å². The van der Waals surface area contributed by atoms with Gasteiger partial charge in [0.2, 0.25) is 0 Å². The van der Waals surface area contributed by atoms with Gasteiger partial charge in [0.05, 0.1) is 0 Å². The Bertz CT molecular complexity index is 44.3. The average Bonchev–Trinajstić information content (AvgIpc) is 1.89. The third-order valence-electron chi connectivity index (χ3n) is 1.05. The molecule has 3 heteroatoms. The zero-order chi connectivity index (χ0) is 6.95. The van der Waals surface area contributed by atoms with Gasteiger partial charge >= 0.3 is 62.7 Å². The van der Waals surface area contributed by atoms with Crippen LogP contribution in [-0.2, 0) is 9.47 Å². The van der Waals surface area contributed by atoms with E-state index in [0.717, 1.165) is 13.2 Å². The minimum absolute atomic E-state index is 0.568. The zero-order valence-corrected chi connectivity index (χ0v) is 7.38. The van der Waals surface area contributed by atoms with E-state index in [-0.39, 0.29) is 0 Å². The summed E-state index contributed by atoms with van der Waals surface area (Å²) >= 11 is 0.568. The van der Waals surface area contributed by atoms with Crippen LogP contribution in [0.5, 0.6) is 0 Å². The second-order valence-corrected chi connectivity index (χ2v) is 3.58. The van der Waals surface area contributed by atoms with Crippen LogP contribution in [0.3, 0.4) is 0 Å². The fourth-order valence-electron chi connectivity index (χ4n) is 0.547. The van der Waals surface area contributed by atoms with Crippen molar-refractivity contribution in [3.8, 4) is 0 Å². The summed E-state index contributed by atoms with van der Waals surface area (Å²) in [5, 5.41) is 2.47. The van der Waals surface area contributed by atoms with E-state index in [2.05, 4.69) is 0 Å². The molecule has 0 N–H and O–H groups in total. The first-order valence-corrected chi connectivity index (χ1v) is 4.84. The summed E-state index contributed by atoms with van der Waals surface area (Å²) in [6.07, 6.45) is 0. The van der Waals surface area contributed by atoms with Crippen molar-refractivity contribution in [2.24, 2.45) is 0 Å². The van der Waals surface area contributed by atoms with E-state index in [9.17, 15) is 0 Å². The Kier molecular flexibility index (Phi) is 8.88. The summed E-state index contributed by atoms with van der Waals surface area (Å²) in [5.41, 5.74) is 0. The number of hydrogen-bond acceptors (Lipinski definition) is 2. The third-order valence-corrected chi connectivity index (χ3v) is 2.34. The van der Waals surface area contributed by atoms with Gasteiger partial charge < -0.3 is 0 Å². The first-order valence-electron chi connectivity index (χ1n) is 3.21. The van der Waals surface area contributed by atoms with Crippen molar-refractivity contribution >= 4 is 15.2 Å².